The van der Waals surface area contributed by atoms with Crippen LogP contribution in [0.3, 0.4) is 0 Å². The number of carbonyl (C=O) groups is 1. The van der Waals surface area contributed by atoms with Crippen molar-refractivity contribution in [3.8, 4) is 5.75 Å². The molecule has 1 atom stereocenters. The molecule has 0 unspecified atom stereocenters. The number of hydrogen-bond donors (Lipinski definition) is 1. The van der Waals surface area contributed by atoms with Gasteiger partial charge in [-0.15, -0.1) is 0 Å². The van der Waals surface area contributed by atoms with Crippen LogP contribution in [0, 0.1) is 0 Å². The summed E-state index contributed by atoms with van der Waals surface area (Å²) in [4.78, 5) is 13.6. The third-order valence-electron chi connectivity index (χ3n) is 2.92. The van der Waals surface area contributed by atoms with Crippen LogP contribution in [0.5, 0.6) is 5.75 Å². The Kier molecular flexibility index (Phi) is 6.87. The van der Waals surface area contributed by atoms with Crippen molar-refractivity contribution in [3.05, 3.63) is 28.7 Å². The predicted octanol–water partition coefficient (Wildman–Crippen LogP) is 2.28. The third-order valence-corrected chi connectivity index (χ3v) is 3.45. The normalized spacial score (nSPS) is 12.3. The molecule has 1 N–H and O–H groups in total. The Balaban J connectivity index is 2.32. The van der Waals surface area contributed by atoms with Crippen LogP contribution in [0.2, 0.25) is 0 Å². The Morgan fingerprint density at radius 3 is 2.63 bits per heavy atom. The van der Waals surface area contributed by atoms with Crippen LogP contribution in [0.4, 0.5) is 0 Å². The smallest absolute Gasteiger partial charge is 0.237 e. The first-order chi connectivity index (χ1) is 9.04. The van der Waals surface area contributed by atoms with Crippen LogP contribution in [0.25, 0.3) is 0 Å². The molecule has 1 aromatic rings. The molecule has 0 fully saturated rings. The quantitative estimate of drug-likeness (QED) is 0.834. The number of likely N-dealkylation sites (N-methyl/N-ethyl adjacent to an activating group) is 2. The van der Waals surface area contributed by atoms with Crippen LogP contribution >= 0.6 is 15.9 Å². The van der Waals surface area contributed by atoms with Crippen LogP contribution in [0.1, 0.15) is 13.8 Å². The zero-order valence-electron chi connectivity index (χ0n) is 11.6. The van der Waals surface area contributed by atoms with E-state index in [0.717, 1.165) is 10.2 Å². The van der Waals surface area contributed by atoms with Gasteiger partial charge in [0.2, 0.25) is 5.91 Å². The lowest BCUT2D eigenvalue weighted by Crippen LogP contribution is -2.44. The molecule has 0 heterocycles. The van der Waals surface area contributed by atoms with Gasteiger partial charge < -0.3 is 10.1 Å². The fraction of sp³-hybridized carbons (Fsp3) is 0.500. The summed E-state index contributed by atoms with van der Waals surface area (Å²) in [6.07, 6.45) is 0. The molecule has 19 heavy (non-hydrogen) atoms. The van der Waals surface area contributed by atoms with E-state index in [-0.39, 0.29) is 11.9 Å². The fourth-order valence-corrected chi connectivity index (χ4v) is 1.82. The molecule has 0 aliphatic rings. The highest BCUT2D eigenvalue weighted by Gasteiger charge is 2.16. The van der Waals surface area contributed by atoms with Gasteiger partial charge in [0.1, 0.15) is 12.4 Å². The van der Waals surface area contributed by atoms with E-state index in [1.54, 1.807) is 0 Å². The molecule has 0 saturated heterocycles. The summed E-state index contributed by atoms with van der Waals surface area (Å²) in [5, 5.41) is 2.81. The first-order valence-corrected chi connectivity index (χ1v) is 7.20. The van der Waals surface area contributed by atoms with E-state index in [4.69, 9.17) is 4.74 Å². The average molecular weight is 329 g/mol. The molecule has 5 heteroatoms. The second-order valence-electron chi connectivity index (χ2n) is 4.35. The fourth-order valence-electron chi connectivity index (χ4n) is 1.55. The van der Waals surface area contributed by atoms with Gasteiger partial charge in [0, 0.05) is 17.6 Å². The zero-order valence-corrected chi connectivity index (χ0v) is 13.2. The molecular formula is C14H21BrN2O2. The number of nitrogens with one attached hydrogen (secondary N) is 1. The van der Waals surface area contributed by atoms with Gasteiger partial charge in [0.15, 0.2) is 0 Å². The van der Waals surface area contributed by atoms with Crippen LogP contribution in [-0.2, 0) is 4.79 Å². The summed E-state index contributed by atoms with van der Waals surface area (Å²) in [6.45, 7) is 5.73. The molecule has 1 amide bonds. The van der Waals surface area contributed by atoms with E-state index >= 15 is 0 Å². The van der Waals surface area contributed by atoms with Gasteiger partial charge in [-0.1, -0.05) is 15.9 Å². The number of amides is 1. The summed E-state index contributed by atoms with van der Waals surface area (Å²) in [6, 6.07) is 7.56. The van der Waals surface area contributed by atoms with Crippen molar-refractivity contribution in [1.82, 2.24) is 10.2 Å². The number of ether oxygens (including phenoxy) is 1. The first-order valence-electron chi connectivity index (χ1n) is 6.41. The monoisotopic (exact) mass is 328 g/mol. The number of rotatable bonds is 7. The second kappa shape index (κ2) is 8.17. The van der Waals surface area contributed by atoms with Crippen molar-refractivity contribution in [2.75, 3.05) is 26.7 Å². The molecule has 0 radical (unpaired) electrons. The van der Waals surface area contributed by atoms with Crippen molar-refractivity contribution in [3.63, 3.8) is 0 Å². The van der Waals surface area contributed by atoms with E-state index in [2.05, 4.69) is 21.2 Å². The van der Waals surface area contributed by atoms with E-state index in [9.17, 15) is 4.79 Å². The Hall–Kier alpha value is -1.07. The van der Waals surface area contributed by atoms with Gasteiger partial charge in [-0.3, -0.25) is 9.69 Å². The molecule has 4 nitrogen and oxygen atoms in total. The first kappa shape index (κ1) is 16.0. The number of carbonyl (C=O) groups excluding carboxylic acids is 1. The van der Waals surface area contributed by atoms with Gasteiger partial charge >= 0.3 is 0 Å². The maximum atomic E-state index is 11.7. The molecular weight excluding hydrogens is 308 g/mol. The van der Waals surface area contributed by atoms with Crippen molar-refractivity contribution < 1.29 is 9.53 Å². The third kappa shape index (κ3) is 5.61. The SMILES string of the molecule is CCNC(=O)[C@@H](C)N(C)CCOc1ccc(Br)cc1. The summed E-state index contributed by atoms with van der Waals surface area (Å²) in [7, 11) is 1.92. The highest BCUT2D eigenvalue weighted by Crippen LogP contribution is 2.15. The van der Waals surface area contributed by atoms with Gasteiger partial charge in [0.25, 0.3) is 0 Å². The molecule has 0 aliphatic heterocycles. The molecule has 1 rings (SSSR count). The number of hydrogen-bond acceptors (Lipinski definition) is 3. The molecule has 106 valence electrons. The summed E-state index contributed by atoms with van der Waals surface area (Å²) in [5.41, 5.74) is 0. The maximum Gasteiger partial charge on any atom is 0.237 e. The Morgan fingerprint density at radius 1 is 1.42 bits per heavy atom. The number of benzene rings is 1. The number of halogens is 1. The van der Waals surface area contributed by atoms with Gasteiger partial charge in [-0.25, -0.2) is 0 Å². The molecule has 0 saturated carbocycles. The standard InChI is InChI=1S/C14H21BrN2O2/c1-4-16-14(18)11(2)17(3)9-10-19-13-7-5-12(15)6-8-13/h5-8,11H,4,9-10H2,1-3H3,(H,16,18)/t11-/m1/s1. The Bertz CT molecular complexity index is 395. The maximum absolute atomic E-state index is 11.7. The van der Waals surface area contributed by atoms with Crippen LogP contribution in [0.15, 0.2) is 28.7 Å². The van der Waals surface area contributed by atoms with Crippen molar-refractivity contribution >= 4 is 21.8 Å². The predicted molar refractivity (Wildman–Crippen MR) is 80.4 cm³/mol. The average Bonchev–Trinajstić information content (AvgIpc) is 2.40. The summed E-state index contributed by atoms with van der Waals surface area (Å²) >= 11 is 3.38. The van der Waals surface area contributed by atoms with Crippen molar-refractivity contribution in [2.45, 2.75) is 19.9 Å². The second-order valence-corrected chi connectivity index (χ2v) is 5.27. The van der Waals surface area contributed by atoms with Crippen LogP contribution in [-0.4, -0.2) is 43.6 Å². The van der Waals surface area contributed by atoms with Gasteiger partial charge in [-0.05, 0) is 45.2 Å². The van der Waals surface area contributed by atoms with Gasteiger partial charge in [0.05, 0.1) is 6.04 Å². The van der Waals surface area contributed by atoms with E-state index in [0.29, 0.717) is 19.7 Å². The molecule has 0 bridgehead atoms. The highest BCUT2D eigenvalue weighted by molar-refractivity contribution is 9.10. The topological polar surface area (TPSA) is 41.6 Å². The highest BCUT2D eigenvalue weighted by atomic mass is 79.9. The minimum Gasteiger partial charge on any atom is -0.492 e. The Morgan fingerprint density at radius 2 is 2.05 bits per heavy atom. The zero-order chi connectivity index (χ0) is 14.3. The lowest BCUT2D eigenvalue weighted by atomic mass is 10.3. The lowest BCUT2D eigenvalue weighted by molar-refractivity contribution is -0.125. The lowest BCUT2D eigenvalue weighted by Gasteiger charge is -2.23. The summed E-state index contributed by atoms with van der Waals surface area (Å²) in [5.74, 6) is 0.885. The molecule has 0 aromatic heterocycles. The van der Waals surface area contributed by atoms with E-state index < -0.39 is 0 Å². The van der Waals surface area contributed by atoms with Gasteiger partial charge in [-0.2, -0.15) is 0 Å². The minimum atomic E-state index is -0.145. The Labute approximate surface area is 123 Å². The van der Waals surface area contributed by atoms with Crippen molar-refractivity contribution in [1.29, 1.82) is 0 Å². The van der Waals surface area contributed by atoms with Crippen molar-refractivity contribution in [2.24, 2.45) is 0 Å². The molecule has 0 spiro atoms. The largest absolute Gasteiger partial charge is 0.492 e. The number of nitrogens with zero attached hydrogens (tertiary/aromatic N) is 1. The van der Waals surface area contributed by atoms with Crippen LogP contribution < -0.4 is 10.1 Å². The van der Waals surface area contributed by atoms with E-state index in [1.807, 2.05) is 50.1 Å². The molecule has 0 aliphatic carbocycles. The summed E-state index contributed by atoms with van der Waals surface area (Å²) < 4.78 is 6.66. The minimum absolute atomic E-state index is 0.0497. The molecule has 1 aromatic carbocycles. The van der Waals surface area contributed by atoms with E-state index in [1.165, 1.54) is 0 Å².